The standard InChI is InChI=1S/C13H19N3O2S/c1-10-7-11(16(17)18)8-14-12(10)15-9-13(19-2)5-3-4-6-13/h7-8H,3-6,9H2,1-2H3,(H,14,15). The molecule has 0 amide bonds. The Hall–Kier alpha value is -1.30. The van der Waals surface area contributed by atoms with Crippen molar-refractivity contribution in [3.63, 3.8) is 0 Å². The van der Waals surface area contributed by atoms with Crippen molar-refractivity contribution in [1.82, 2.24) is 4.98 Å². The van der Waals surface area contributed by atoms with Crippen LogP contribution >= 0.6 is 11.8 Å². The van der Waals surface area contributed by atoms with Gasteiger partial charge in [0.2, 0.25) is 0 Å². The normalized spacial score (nSPS) is 17.4. The Kier molecular flexibility index (Phi) is 4.29. The SMILES string of the molecule is CSC1(CNc2ncc([N+](=O)[O-])cc2C)CCCC1. The maximum Gasteiger partial charge on any atom is 0.287 e. The first kappa shape index (κ1) is 14.1. The van der Waals surface area contributed by atoms with Crippen molar-refractivity contribution < 1.29 is 4.92 Å². The molecular weight excluding hydrogens is 262 g/mol. The van der Waals surface area contributed by atoms with Gasteiger partial charge in [-0.05, 0) is 31.6 Å². The molecule has 0 radical (unpaired) electrons. The summed E-state index contributed by atoms with van der Waals surface area (Å²) in [6.07, 6.45) is 8.50. The van der Waals surface area contributed by atoms with Gasteiger partial charge < -0.3 is 5.32 Å². The van der Waals surface area contributed by atoms with Crippen molar-refractivity contribution in [2.45, 2.75) is 37.4 Å². The number of aryl methyl sites for hydroxylation is 1. The Bertz CT molecular complexity index is 473. The van der Waals surface area contributed by atoms with Gasteiger partial charge in [-0.15, -0.1) is 0 Å². The Balaban J connectivity index is 2.05. The number of pyridine rings is 1. The fourth-order valence-corrected chi connectivity index (χ4v) is 3.48. The van der Waals surface area contributed by atoms with Crippen molar-refractivity contribution in [2.24, 2.45) is 0 Å². The molecule has 1 aromatic heterocycles. The van der Waals surface area contributed by atoms with Crippen LogP contribution < -0.4 is 5.32 Å². The molecular formula is C13H19N3O2S. The van der Waals surface area contributed by atoms with Crippen molar-refractivity contribution in [3.8, 4) is 0 Å². The summed E-state index contributed by atoms with van der Waals surface area (Å²) in [4.78, 5) is 14.4. The Morgan fingerprint density at radius 3 is 2.74 bits per heavy atom. The molecule has 19 heavy (non-hydrogen) atoms. The average Bonchev–Trinajstić information content (AvgIpc) is 2.86. The van der Waals surface area contributed by atoms with Crippen LogP contribution in [0.5, 0.6) is 0 Å². The van der Waals surface area contributed by atoms with Crippen LogP contribution in [0.25, 0.3) is 0 Å². The summed E-state index contributed by atoms with van der Waals surface area (Å²) in [5.41, 5.74) is 0.868. The molecule has 1 heterocycles. The number of hydrogen-bond acceptors (Lipinski definition) is 5. The number of nitro groups is 1. The number of thioether (sulfide) groups is 1. The van der Waals surface area contributed by atoms with Crippen LogP contribution in [0.2, 0.25) is 0 Å². The van der Waals surface area contributed by atoms with Crippen LogP contribution in [0.3, 0.4) is 0 Å². The summed E-state index contributed by atoms with van der Waals surface area (Å²) in [5, 5.41) is 14.0. The number of hydrogen-bond donors (Lipinski definition) is 1. The zero-order valence-electron chi connectivity index (χ0n) is 11.3. The van der Waals surface area contributed by atoms with Crippen molar-refractivity contribution in [3.05, 3.63) is 27.9 Å². The lowest BCUT2D eigenvalue weighted by molar-refractivity contribution is -0.385. The average molecular weight is 281 g/mol. The van der Waals surface area contributed by atoms with Gasteiger partial charge >= 0.3 is 0 Å². The number of anilines is 1. The van der Waals surface area contributed by atoms with E-state index in [1.807, 2.05) is 18.7 Å². The van der Waals surface area contributed by atoms with E-state index in [1.54, 1.807) is 6.07 Å². The molecule has 5 nitrogen and oxygen atoms in total. The Labute approximate surface area is 117 Å². The summed E-state index contributed by atoms with van der Waals surface area (Å²) in [7, 11) is 0. The van der Waals surface area contributed by atoms with Crippen LogP contribution in [-0.2, 0) is 0 Å². The molecule has 0 aromatic carbocycles. The van der Waals surface area contributed by atoms with Gasteiger partial charge in [-0.2, -0.15) is 11.8 Å². The van der Waals surface area contributed by atoms with Crippen LogP contribution in [-0.4, -0.2) is 27.5 Å². The lowest BCUT2D eigenvalue weighted by atomic mass is 10.1. The highest BCUT2D eigenvalue weighted by atomic mass is 32.2. The minimum absolute atomic E-state index is 0.0449. The molecule has 1 saturated carbocycles. The van der Waals surface area contributed by atoms with E-state index >= 15 is 0 Å². The number of aromatic nitrogens is 1. The van der Waals surface area contributed by atoms with Gasteiger partial charge in [0, 0.05) is 17.4 Å². The van der Waals surface area contributed by atoms with Crippen molar-refractivity contribution in [1.29, 1.82) is 0 Å². The Morgan fingerprint density at radius 1 is 1.53 bits per heavy atom. The second-order valence-electron chi connectivity index (χ2n) is 5.06. The lowest BCUT2D eigenvalue weighted by Crippen LogP contribution is -2.30. The zero-order valence-corrected chi connectivity index (χ0v) is 12.1. The summed E-state index contributed by atoms with van der Waals surface area (Å²) >= 11 is 1.91. The molecule has 0 saturated heterocycles. The fraction of sp³-hybridized carbons (Fsp3) is 0.615. The first-order valence-corrected chi connectivity index (χ1v) is 7.69. The van der Waals surface area contributed by atoms with Gasteiger partial charge in [0.1, 0.15) is 12.0 Å². The van der Waals surface area contributed by atoms with Gasteiger partial charge in [0.05, 0.1) is 4.92 Å². The molecule has 0 atom stereocenters. The Morgan fingerprint density at radius 2 is 2.21 bits per heavy atom. The smallest absolute Gasteiger partial charge is 0.287 e. The lowest BCUT2D eigenvalue weighted by Gasteiger charge is -2.27. The molecule has 0 bridgehead atoms. The zero-order chi connectivity index (χ0) is 13.9. The summed E-state index contributed by atoms with van der Waals surface area (Å²) in [6, 6.07) is 1.57. The van der Waals surface area contributed by atoms with Crippen LogP contribution in [0.1, 0.15) is 31.2 Å². The van der Waals surface area contributed by atoms with E-state index in [0.29, 0.717) is 4.75 Å². The minimum Gasteiger partial charge on any atom is -0.368 e. The molecule has 1 fully saturated rings. The van der Waals surface area contributed by atoms with E-state index in [-0.39, 0.29) is 5.69 Å². The van der Waals surface area contributed by atoms with Gasteiger partial charge in [-0.25, -0.2) is 4.98 Å². The predicted octanol–water partition coefficient (Wildman–Crippen LogP) is 3.39. The van der Waals surface area contributed by atoms with Crippen molar-refractivity contribution >= 4 is 23.3 Å². The second kappa shape index (κ2) is 5.77. The molecule has 2 rings (SSSR count). The monoisotopic (exact) mass is 281 g/mol. The third kappa shape index (κ3) is 3.18. The second-order valence-corrected chi connectivity index (χ2v) is 6.34. The maximum absolute atomic E-state index is 10.7. The van der Waals surface area contributed by atoms with E-state index in [0.717, 1.165) is 17.9 Å². The van der Waals surface area contributed by atoms with E-state index < -0.39 is 4.92 Å². The topological polar surface area (TPSA) is 68.1 Å². The fourth-order valence-electron chi connectivity index (χ4n) is 2.56. The van der Waals surface area contributed by atoms with Gasteiger partial charge in [0.25, 0.3) is 5.69 Å². The highest BCUT2D eigenvalue weighted by molar-refractivity contribution is 8.00. The number of rotatable bonds is 5. The van der Waals surface area contributed by atoms with E-state index in [1.165, 1.54) is 31.9 Å². The van der Waals surface area contributed by atoms with E-state index in [9.17, 15) is 10.1 Å². The highest BCUT2D eigenvalue weighted by Crippen LogP contribution is 2.40. The van der Waals surface area contributed by atoms with Gasteiger partial charge in [0.15, 0.2) is 0 Å². The van der Waals surface area contributed by atoms with Gasteiger partial charge in [-0.3, -0.25) is 10.1 Å². The van der Waals surface area contributed by atoms with Crippen LogP contribution in [0.4, 0.5) is 11.5 Å². The first-order valence-electron chi connectivity index (χ1n) is 6.46. The summed E-state index contributed by atoms with van der Waals surface area (Å²) in [5.74, 6) is 0.755. The third-order valence-corrected chi connectivity index (χ3v) is 5.22. The molecule has 0 aliphatic heterocycles. The molecule has 1 aliphatic carbocycles. The maximum atomic E-state index is 10.7. The molecule has 1 N–H and O–H groups in total. The molecule has 104 valence electrons. The molecule has 0 spiro atoms. The van der Waals surface area contributed by atoms with E-state index in [4.69, 9.17) is 0 Å². The first-order chi connectivity index (χ1) is 9.06. The predicted molar refractivity (Wildman–Crippen MR) is 78.8 cm³/mol. The molecule has 1 aromatic rings. The third-order valence-electron chi connectivity index (χ3n) is 3.80. The molecule has 1 aliphatic rings. The van der Waals surface area contributed by atoms with Crippen molar-refractivity contribution in [2.75, 3.05) is 18.1 Å². The van der Waals surface area contributed by atoms with E-state index in [2.05, 4.69) is 16.6 Å². The molecule has 6 heteroatoms. The molecule has 0 unspecified atom stereocenters. The highest BCUT2D eigenvalue weighted by Gasteiger charge is 2.32. The minimum atomic E-state index is -0.413. The number of nitrogens with one attached hydrogen (secondary N) is 1. The summed E-state index contributed by atoms with van der Waals surface area (Å²) < 4.78 is 0.301. The summed E-state index contributed by atoms with van der Waals surface area (Å²) in [6.45, 7) is 2.72. The quantitative estimate of drug-likeness (QED) is 0.662. The largest absolute Gasteiger partial charge is 0.368 e. The van der Waals surface area contributed by atoms with Crippen LogP contribution in [0, 0.1) is 17.0 Å². The van der Waals surface area contributed by atoms with Gasteiger partial charge in [-0.1, -0.05) is 12.8 Å². The number of nitrogens with zero attached hydrogens (tertiary/aromatic N) is 2. The van der Waals surface area contributed by atoms with Crippen LogP contribution in [0.15, 0.2) is 12.3 Å².